The van der Waals surface area contributed by atoms with Crippen LogP contribution in [0.25, 0.3) is 0 Å². The first-order chi connectivity index (χ1) is 9.93. The highest BCUT2D eigenvalue weighted by atomic mass is 16.2. The number of nitrogens with one attached hydrogen (secondary N) is 1. The van der Waals surface area contributed by atoms with E-state index in [0.29, 0.717) is 19.6 Å². The van der Waals surface area contributed by atoms with Gasteiger partial charge >= 0.3 is 0 Å². The van der Waals surface area contributed by atoms with Crippen LogP contribution in [-0.2, 0) is 9.59 Å². The Balaban J connectivity index is 2.29. The molecule has 1 fully saturated rings. The summed E-state index contributed by atoms with van der Waals surface area (Å²) < 4.78 is 0. The van der Waals surface area contributed by atoms with Crippen LogP contribution in [0.5, 0.6) is 0 Å². The molecule has 3 N–H and O–H groups in total. The van der Waals surface area contributed by atoms with Crippen LogP contribution in [0, 0.1) is 5.92 Å². The van der Waals surface area contributed by atoms with Crippen LogP contribution in [-0.4, -0.2) is 67.4 Å². The molecule has 0 aromatic rings. The van der Waals surface area contributed by atoms with Gasteiger partial charge in [-0.3, -0.25) is 14.5 Å². The number of hydrogen-bond donors (Lipinski definition) is 2. The monoisotopic (exact) mass is 298 g/mol. The molecule has 6 heteroatoms. The van der Waals surface area contributed by atoms with E-state index in [-0.39, 0.29) is 23.8 Å². The van der Waals surface area contributed by atoms with E-state index in [4.69, 9.17) is 5.73 Å². The minimum atomic E-state index is 0.0269. The van der Waals surface area contributed by atoms with Gasteiger partial charge in [0.05, 0.1) is 6.54 Å². The maximum atomic E-state index is 12.4. The molecule has 0 saturated carbocycles. The number of carbonyl (C=O) groups is 2. The molecule has 0 aliphatic carbocycles. The molecule has 1 heterocycles. The molecule has 0 spiro atoms. The van der Waals surface area contributed by atoms with Gasteiger partial charge in [-0.2, -0.15) is 0 Å². The largest absolute Gasteiger partial charge is 0.358 e. The van der Waals surface area contributed by atoms with Crippen molar-refractivity contribution in [1.82, 2.24) is 15.1 Å². The highest BCUT2D eigenvalue weighted by Crippen LogP contribution is 2.14. The summed E-state index contributed by atoms with van der Waals surface area (Å²) in [6, 6.07) is 0.209. The topological polar surface area (TPSA) is 78.7 Å². The highest BCUT2D eigenvalue weighted by molar-refractivity contribution is 5.79. The maximum absolute atomic E-state index is 12.4. The van der Waals surface area contributed by atoms with Gasteiger partial charge in [-0.1, -0.05) is 13.3 Å². The van der Waals surface area contributed by atoms with Gasteiger partial charge in [-0.05, 0) is 19.8 Å². The molecule has 21 heavy (non-hydrogen) atoms. The molecule has 1 rings (SSSR count). The fourth-order valence-corrected chi connectivity index (χ4v) is 2.59. The Labute approximate surface area is 128 Å². The summed E-state index contributed by atoms with van der Waals surface area (Å²) in [6.45, 7) is 7.39. The molecule has 2 unspecified atom stereocenters. The molecule has 2 atom stereocenters. The normalized spacial score (nSPS) is 19.1. The second-order valence-electron chi connectivity index (χ2n) is 6.08. The third-order valence-corrected chi connectivity index (χ3v) is 4.05. The Morgan fingerprint density at radius 2 is 1.76 bits per heavy atom. The Bertz CT molecular complexity index is 339. The molecule has 0 aromatic heterocycles. The maximum Gasteiger partial charge on any atom is 0.233 e. The SMILES string of the molecule is CNC(=O)CN1CCN(C(=O)C(C)CCCC(C)N)CC1. The third-order valence-electron chi connectivity index (χ3n) is 4.05. The molecule has 1 aliphatic rings. The van der Waals surface area contributed by atoms with E-state index in [9.17, 15) is 9.59 Å². The second kappa shape index (κ2) is 9.00. The summed E-state index contributed by atoms with van der Waals surface area (Å²) in [6.07, 6.45) is 2.87. The molecule has 1 saturated heterocycles. The Morgan fingerprint density at radius 3 is 2.29 bits per heavy atom. The van der Waals surface area contributed by atoms with Crippen molar-refractivity contribution >= 4 is 11.8 Å². The van der Waals surface area contributed by atoms with Crippen molar-refractivity contribution in [3.8, 4) is 0 Å². The predicted octanol–water partition coefficient (Wildman–Crippen LogP) is 0.0302. The zero-order valence-electron chi connectivity index (χ0n) is 13.6. The second-order valence-corrected chi connectivity index (χ2v) is 6.08. The van der Waals surface area contributed by atoms with Crippen LogP contribution in [0.15, 0.2) is 0 Å². The van der Waals surface area contributed by atoms with Gasteiger partial charge < -0.3 is 16.0 Å². The van der Waals surface area contributed by atoms with Gasteiger partial charge in [0.1, 0.15) is 0 Å². The smallest absolute Gasteiger partial charge is 0.233 e. The first-order valence-corrected chi connectivity index (χ1v) is 7.91. The zero-order chi connectivity index (χ0) is 15.8. The van der Waals surface area contributed by atoms with Gasteiger partial charge in [0, 0.05) is 45.2 Å². The lowest BCUT2D eigenvalue weighted by Gasteiger charge is -2.35. The third kappa shape index (κ3) is 6.44. The average Bonchev–Trinajstić information content (AvgIpc) is 2.46. The minimum absolute atomic E-state index is 0.0269. The molecule has 6 nitrogen and oxygen atoms in total. The molecule has 122 valence electrons. The minimum Gasteiger partial charge on any atom is -0.358 e. The molecular formula is C15H30N4O2. The summed E-state index contributed by atoms with van der Waals surface area (Å²) in [4.78, 5) is 27.7. The number of amides is 2. The van der Waals surface area contributed by atoms with Crippen LogP contribution >= 0.6 is 0 Å². The van der Waals surface area contributed by atoms with Gasteiger partial charge in [0.25, 0.3) is 0 Å². The first-order valence-electron chi connectivity index (χ1n) is 7.91. The fourth-order valence-electron chi connectivity index (χ4n) is 2.59. The van der Waals surface area contributed by atoms with Crippen LogP contribution < -0.4 is 11.1 Å². The van der Waals surface area contributed by atoms with Crippen LogP contribution in [0.4, 0.5) is 0 Å². The predicted molar refractivity (Wildman–Crippen MR) is 83.8 cm³/mol. The number of piperazine rings is 1. The molecular weight excluding hydrogens is 268 g/mol. The first kappa shape index (κ1) is 17.9. The molecule has 0 aromatic carbocycles. The lowest BCUT2D eigenvalue weighted by atomic mass is 10.0. The van der Waals surface area contributed by atoms with E-state index in [1.807, 2.05) is 18.7 Å². The summed E-state index contributed by atoms with van der Waals surface area (Å²) in [7, 11) is 1.64. The van der Waals surface area contributed by atoms with Gasteiger partial charge in [-0.25, -0.2) is 0 Å². The van der Waals surface area contributed by atoms with Crippen molar-refractivity contribution in [2.45, 2.75) is 39.2 Å². The number of carbonyl (C=O) groups excluding carboxylic acids is 2. The Morgan fingerprint density at radius 1 is 1.14 bits per heavy atom. The molecule has 2 amide bonds. The summed E-state index contributed by atoms with van der Waals surface area (Å²) in [5.74, 6) is 0.326. The number of nitrogens with two attached hydrogens (primary N) is 1. The van der Waals surface area contributed by atoms with E-state index in [0.717, 1.165) is 32.4 Å². The van der Waals surface area contributed by atoms with Crippen molar-refractivity contribution in [2.24, 2.45) is 11.7 Å². The van der Waals surface area contributed by atoms with Gasteiger partial charge in [-0.15, -0.1) is 0 Å². The fraction of sp³-hybridized carbons (Fsp3) is 0.867. The van der Waals surface area contributed by atoms with Crippen molar-refractivity contribution in [3.05, 3.63) is 0 Å². The van der Waals surface area contributed by atoms with E-state index in [1.54, 1.807) is 7.05 Å². The standard InChI is InChI=1S/C15H30N4O2/c1-12(5-4-6-13(2)16)15(21)19-9-7-18(8-10-19)11-14(20)17-3/h12-13H,4-11,16H2,1-3H3,(H,17,20). The number of rotatable bonds is 7. The lowest BCUT2D eigenvalue weighted by Crippen LogP contribution is -2.51. The summed E-state index contributed by atoms with van der Waals surface area (Å²) in [5, 5.41) is 2.63. The van der Waals surface area contributed by atoms with Crippen LogP contribution in [0.2, 0.25) is 0 Å². The highest BCUT2D eigenvalue weighted by Gasteiger charge is 2.25. The number of nitrogens with zero attached hydrogens (tertiary/aromatic N) is 2. The number of likely N-dealkylation sites (N-methyl/N-ethyl adjacent to an activating group) is 1. The van der Waals surface area contributed by atoms with Crippen molar-refractivity contribution in [3.63, 3.8) is 0 Å². The summed E-state index contributed by atoms with van der Waals surface area (Å²) >= 11 is 0. The average molecular weight is 298 g/mol. The Hall–Kier alpha value is -1.14. The number of hydrogen-bond acceptors (Lipinski definition) is 4. The molecule has 0 radical (unpaired) electrons. The van der Waals surface area contributed by atoms with E-state index in [2.05, 4.69) is 10.2 Å². The molecule has 0 bridgehead atoms. The van der Waals surface area contributed by atoms with E-state index in [1.165, 1.54) is 0 Å². The van der Waals surface area contributed by atoms with Gasteiger partial charge in [0.2, 0.25) is 11.8 Å². The van der Waals surface area contributed by atoms with Crippen LogP contribution in [0.1, 0.15) is 33.1 Å². The molecule has 1 aliphatic heterocycles. The van der Waals surface area contributed by atoms with Crippen molar-refractivity contribution < 1.29 is 9.59 Å². The summed E-state index contributed by atoms with van der Waals surface area (Å²) in [5.41, 5.74) is 5.73. The van der Waals surface area contributed by atoms with Crippen molar-refractivity contribution in [2.75, 3.05) is 39.8 Å². The Kier molecular flexibility index (Phi) is 7.67. The van der Waals surface area contributed by atoms with Crippen LogP contribution in [0.3, 0.4) is 0 Å². The van der Waals surface area contributed by atoms with E-state index < -0.39 is 0 Å². The quantitative estimate of drug-likeness (QED) is 0.695. The van der Waals surface area contributed by atoms with Crippen molar-refractivity contribution in [1.29, 1.82) is 0 Å². The lowest BCUT2D eigenvalue weighted by molar-refractivity contribution is -0.137. The van der Waals surface area contributed by atoms with Gasteiger partial charge in [0.15, 0.2) is 0 Å². The van der Waals surface area contributed by atoms with E-state index >= 15 is 0 Å². The zero-order valence-corrected chi connectivity index (χ0v) is 13.6.